The van der Waals surface area contributed by atoms with Crippen molar-refractivity contribution in [3.63, 3.8) is 0 Å². The lowest BCUT2D eigenvalue weighted by molar-refractivity contribution is 0.309. The van der Waals surface area contributed by atoms with Crippen LogP contribution in [0.2, 0.25) is 0 Å². The molecule has 1 fully saturated rings. The van der Waals surface area contributed by atoms with Gasteiger partial charge < -0.3 is 15.0 Å². The van der Waals surface area contributed by atoms with Crippen LogP contribution < -0.4 is 15.0 Å². The van der Waals surface area contributed by atoms with E-state index < -0.39 is 0 Å². The van der Waals surface area contributed by atoms with Crippen molar-refractivity contribution in [2.45, 2.75) is 32.2 Å². The van der Waals surface area contributed by atoms with Crippen LogP contribution in [0.25, 0.3) is 11.0 Å². The maximum Gasteiger partial charge on any atom is 0.166 e. The van der Waals surface area contributed by atoms with Crippen LogP contribution in [0.15, 0.2) is 36.5 Å². The number of nitrogens with one attached hydrogen (secondary N) is 1. The van der Waals surface area contributed by atoms with Gasteiger partial charge in [-0.3, -0.25) is 4.98 Å². The van der Waals surface area contributed by atoms with E-state index in [0.717, 1.165) is 37.4 Å². The minimum Gasteiger partial charge on any atom is -0.493 e. The number of rotatable bonds is 0. The van der Waals surface area contributed by atoms with Gasteiger partial charge in [-0.2, -0.15) is 0 Å². The Morgan fingerprint density at radius 1 is 1.21 bits per heavy atom. The van der Waals surface area contributed by atoms with Crippen LogP contribution >= 0.6 is 0 Å². The smallest absolute Gasteiger partial charge is 0.166 e. The molecule has 3 aromatic rings. The molecular weight excluding hydrogens is 355 g/mol. The molecule has 0 amide bonds. The fourth-order valence-electron chi connectivity index (χ4n) is 4.25. The Hall–Kier alpha value is -2.89. The molecule has 28 heavy (non-hydrogen) atoms. The van der Waals surface area contributed by atoms with Gasteiger partial charge in [0.25, 0.3) is 0 Å². The van der Waals surface area contributed by atoms with Crippen LogP contribution in [0.4, 0.5) is 15.9 Å². The van der Waals surface area contributed by atoms with Crippen molar-refractivity contribution in [3.8, 4) is 5.75 Å². The molecule has 0 radical (unpaired) electrons. The normalized spacial score (nSPS) is 19.1. The first-order valence-electron chi connectivity index (χ1n) is 9.90. The number of benzene rings is 1. The van der Waals surface area contributed by atoms with Crippen molar-refractivity contribution in [1.29, 1.82) is 0 Å². The quantitative estimate of drug-likeness (QED) is 0.619. The molecule has 0 saturated carbocycles. The number of hydrogen-bond donors (Lipinski definition) is 1. The molecule has 1 N–H and O–H groups in total. The van der Waals surface area contributed by atoms with Crippen LogP contribution in [0.1, 0.15) is 36.4 Å². The number of ether oxygens (including phenoxy) is 1. The summed E-state index contributed by atoms with van der Waals surface area (Å²) in [7, 11) is 0. The summed E-state index contributed by atoms with van der Waals surface area (Å²) in [5, 5.41) is 3.20. The minimum absolute atomic E-state index is 0.207. The molecule has 1 aromatic carbocycles. The van der Waals surface area contributed by atoms with Crippen LogP contribution in [0.5, 0.6) is 5.75 Å². The standard InChI is InChI=1S/C22H23FN4O/c1-14-5-7-19-15(12-14)18-4-2-10-27(18)20-8-6-17-22(26-20)21(16(23)13-25-17)24-9-3-11-28-19/h5-8,12-13,18,24H,2-4,9-11H2,1H3/t18-/m1/s1. The molecule has 0 unspecified atom stereocenters. The molecule has 0 spiro atoms. The Kier molecular flexibility index (Phi) is 4.26. The minimum atomic E-state index is -0.371. The van der Waals surface area contributed by atoms with Crippen LogP contribution in [0, 0.1) is 12.7 Å². The second-order valence-corrected chi connectivity index (χ2v) is 7.54. The average Bonchev–Trinajstić information content (AvgIpc) is 3.19. The first-order chi connectivity index (χ1) is 13.7. The summed E-state index contributed by atoms with van der Waals surface area (Å²) >= 11 is 0. The van der Waals surface area contributed by atoms with E-state index in [1.165, 1.54) is 17.3 Å². The van der Waals surface area contributed by atoms with Gasteiger partial charge in [-0.15, -0.1) is 0 Å². The lowest BCUT2D eigenvalue weighted by Gasteiger charge is -2.28. The predicted octanol–water partition coefficient (Wildman–Crippen LogP) is 4.61. The van der Waals surface area contributed by atoms with Gasteiger partial charge in [0.05, 0.1) is 24.4 Å². The SMILES string of the molecule is Cc1ccc2c(c1)[C@H]1CCCN1c1ccc3ncc(F)c(c3n1)NCCCO2. The summed E-state index contributed by atoms with van der Waals surface area (Å²) in [5.41, 5.74) is 4.15. The zero-order valence-corrected chi connectivity index (χ0v) is 15.9. The number of hydrogen-bond acceptors (Lipinski definition) is 5. The largest absolute Gasteiger partial charge is 0.493 e. The number of fused-ring (bicyclic) bond motifs is 5. The van der Waals surface area contributed by atoms with E-state index in [1.807, 2.05) is 12.1 Å². The van der Waals surface area contributed by atoms with E-state index in [-0.39, 0.29) is 11.9 Å². The Balaban J connectivity index is 1.68. The van der Waals surface area contributed by atoms with E-state index in [0.29, 0.717) is 29.9 Å². The Morgan fingerprint density at radius 2 is 2.14 bits per heavy atom. The molecule has 2 aliphatic rings. The number of nitrogens with zero attached hydrogens (tertiary/aromatic N) is 3. The zero-order chi connectivity index (χ0) is 19.1. The average molecular weight is 378 g/mol. The molecule has 2 aliphatic heterocycles. The van der Waals surface area contributed by atoms with Gasteiger partial charge in [-0.25, -0.2) is 9.37 Å². The molecule has 2 bridgehead atoms. The highest BCUT2D eigenvalue weighted by molar-refractivity contribution is 5.88. The van der Waals surface area contributed by atoms with Gasteiger partial charge in [0.15, 0.2) is 5.82 Å². The Bertz CT molecular complexity index is 1040. The second kappa shape index (κ2) is 6.93. The first-order valence-corrected chi connectivity index (χ1v) is 9.90. The van der Waals surface area contributed by atoms with E-state index in [1.54, 1.807) is 0 Å². The molecule has 0 aliphatic carbocycles. The lowest BCUT2D eigenvalue weighted by Crippen LogP contribution is -2.24. The van der Waals surface area contributed by atoms with Crippen molar-refractivity contribution in [1.82, 2.24) is 9.97 Å². The van der Waals surface area contributed by atoms with Crippen LogP contribution in [-0.4, -0.2) is 29.7 Å². The van der Waals surface area contributed by atoms with E-state index in [2.05, 4.69) is 40.3 Å². The fourth-order valence-corrected chi connectivity index (χ4v) is 4.25. The predicted molar refractivity (Wildman–Crippen MR) is 109 cm³/mol. The summed E-state index contributed by atoms with van der Waals surface area (Å²) in [6.45, 7) is 4.22. The molecule has 4 heterocycles. The summed E-state index contributed by atoms with van der Waals surface area (Å²) in [6, 6.07) is 10.5. The van der Waals surface area contributed by atoms with E-state index in [4.69, 9.17) is 9.72 Å². The molecule has 144 valence electrons. The first kappa shape index (κ1) is 17.2. The monoisotopic (exact) mass is 378 g/mol. The van der Waals surface area contributed by atoms with E-state index >= 15 is 0 Å². The summed E-state index contributed by atoms with van der Waals surface area (Å²) < 4.78 is 20.6. The number of anilines is 2. The number of aryl methyl sites for hydroxylation is 1. The highest BCUT2D eigenvalue weighted by atomic mass is 19.1. The third kappa shape index (κ3) is 2.93. The van der Waals surface area contributed by atoms with Gasteiger partial charge in [0.2, 0.25) is 0 Å². The third-order valence-corrected chi connectivity index (χ3v) is 5.60. The van der Waals surface area contributed by atoms with Gasteiger partial charge in [0.1, 0.15) is 22.8 Å². The summed E-state index contributed by atoms with van der Waals surface area (Å²) in [5.74, 6) is 1.43. The zero-order valence-electron chi connectivity index (χ0n) is 15.9. The molecule has 5 rings (SSSR count). The van der Waals surface area contributed by atoms with Crippen molar-refractivity contribution in [2.75, 3.05) is 29.9 Å². The molecule has 1 saturated heterocycles. The molecule has 2 aromatic heterocycles. The van der Waals surface area contributed by atoms with E-state index in [9.17, 15) is 4.39 Å². The molecule has 6 heteroatoms. The summed E-state index contributed by atoms with van der Waals surface area (Å²) in [6.07, 6.45) is 4.17. The fraction of sp³-hybridized carbons (Fsp3) is 0.364. The molecule has 1 atom stereocenters. The number of halogens is 1. The van der Waals surface area contributed by atoms with Crippen molar-refractivity contribution < 1.29 is 9.13 Å². The van der Waals surface area contributed by atoms with Crippen LogP contribution in [-0.2, 0) is 0 Å². The van der Waals surface area contributed by atoms with Crippen LogP contribution in [0.3, 0.4) is 0 Å². The Morgan fingerprint density at radius 3 is 3.07 bits per heavy atom. The van der Waals surface area contributed by atoms with Crippen molar-refractivity contribution in [3.05, 3.63) is 53.5 Å². The van der Waals surface area contributed by atoms with Crippen molar-refractivity contribution >= 4 is 22.5 Å². The maximum atomic E-state index is 14.5. The van der Waals surface area contributed by atoms with Gasteiger partial charge in [-0.1, -0.05) is 17.7 Å². The number of aromatic nitrogens is 2. The topological polar surface area (TPSA) is 50.3 Å². The lowest BCUT2D eigenvalue weighted by atomic mass is 10.0. The molecule has 5 nitrogen and oxygen atoms in total. The highest BCUT2D eigenvalue weighted by Gasteiger charge is 2.30. The maximum absolute atomic E-state index is 14.5. The highest BCUT2D eigenvalue weighted by Crippen LogP contribution is 2.40. The summed E-state index contributed by atoms with van der Waals surface area (Å²) in [4.78, 5) is 11.4. The van der Waals surface area contributed by atoms with Gasteiger partial charge in [0, 0.05) is 18.7 Å². The second-order valence-electron chi connectivity index (χ2n) is 7.54. The Labute approximate surface area is 163 Å². The van der Waals surface area contributed by atoms with Crippen molar-refractivity contribution in [2.24, 2.45) is 0 Å². The number of pyridine rings is 2. The van der Waals surface area contributed by atoms with Gasteiger partial charge in [-0.05, 0) is 44.4 Å². The molecular formula is C22H23FN4O. The van der Waals surface area contributed by atoms with Gasteiger partial charge >= 0.3 is 0 Å². The third-order valence-electron chi connectivity index (χ3n) is 5.60.